The third-order valence-electron chi connectivity index (χ3n) is 0.454. The Labute approximate surface area is 58.2 Å². The van der Waals surface area contributed by atoms with Gasteiger partial charge in [0.05, 0.1) is 0 Å². The third-order valence-corrected chi connectivity index (χ3v) is 2.86. The van der Waals surface area contributed by atoms with Crippen LogP contribution in [-0.2, 0) is 0 Å². The van der Waals surface area contributed by atoms with Gasteiger partial charge >= 0.3 is 0 Å². The van der Waals surface area contributed by atoms with Gasteiger partial charge in [-0.1, -0.05) is 21.6 Å². The van der Waals surface area contributed by atoms with Crippen molar-refractivity contribution in [1.29, 1.82) is 0 Å². The van der Waals surface area contributed by atoms with E-state index in [4.69, 9.17) is 11.5 Å². The first kappa shape index (κ1) is 38.2. The van der Waals surface area contributed by atoms with E-state index >= 15 is 0 Å². The molecule has 8 heteroatoms. The molecule has 0 saturated heterocycles. The standard InChI is InChI=1S/C4H10N2S2.4Rf/c5-1-3-7-8-4-2-6;;;;/h5-6H,1-4H2;;;;/q-2;;;;. The van der Waals surface area contributed by atoms with Crippen molar-refractivity contribution in [3.63, 3.8) is 0 Å². The van der Waals surface area contributed by atoms with E-state index in [1.165, 1.54) is 0 Å². The molecule has 0 amide bonds. The van der Waals surface area contributed by atoms with Gasteiger partial charge in [-0.25, -0.2) is 0 Å². The van der Waals surface area contributed by atoms with E-state index in [9.17, 15) is 0 Å². The van der Waals surface area contributed by atoms with Crippen molar-refractivity contribution in [2.45, 2.75) is 0 Å². The van der Waals surface area contributed by atoms with Gasteiger partial charge in [-0.2, -0.15) is 0 Å². The summed E-state index contributed by atoms with van der Waals surface area (Å²) in [6.45, 7) is 0.991. The largest absolute Gasteiger partial charge is 0.677 e. The summed E-state index contributed by atoms with van der Waals surface area (Å²) in [4.78, 5) is 0. The summed E-state index contributed by atoms with van der Waals surface area (Å²) < 4.78 is 0. The van der Waals surface area contributed by atoms with Crippen molar-refractivity contribution in [1.82, 2.24) is 0 Å². The van der Waals surface area contributed by atoms with Crippen LogP contribution in [0.25, 0.3) is 11.5 Å². The van der Waals surface area contributed by atoms with Crippen LogP contribution in [0.2, 0.25) is 0 Å². The minimum Gasteiger partial charge on any atom is -0.677 e. The van der Waals surface area contributed by atoms with E-state index in [1.807, 2.05) is 0 Å². The molecule has 0 aliphatic carbocycles. The van der Waals surface area contributed by atoms with E-state index in [0.29, 0.717) is 13.1 Å². The number of nitrogens with one attached hydrogen (secondary N) is 2. The van der Waals surface area contributed by atoms with Gasteiger partial charge in [-0.15, -0.1) is 13.1 Å². The van der Waals surface area contributed by atoms with E-state index in [2.05, 4.69) is 0 Å². The van der Waals surface area contributed by atoms with E-state index in [0.717, 1.165) is 11.5 Å². The van der Waals surface area contributed by atoms with Gasteiger partial charge in [0.2, 0.25) is 0 Å². The second-order valence-corrected chi connectivity index (χ2v) is 3.85. The van der Waals surface area contributed by atoms with Gasteiger partial charge in [0.15, 0.2) is 0 Å². The van der Waals surface area contributed by atoms with Crippen LogP contribution in [0.3, 0.4) is 0 Å². The van der Waals surface area contributed by atoms with E-state index in [1.54, 1.807) is 21.6 Å². The van der Waals surface area contributed by atoms with Crippen LogP contribution >= 0.6 is 21.6 Å². The van der Waals surface area contributed by atoms with Gasteiger partial charge in [0.25, 0.3) is 0 Å². The molecule has 0 fully saturated rings. The maximum absolute atomic E-state index is 6.76. The van der Waals surface area contributed by atoms with Crippen molar-refractivity contribution in [2.24, 2.45) is 0 Å². The summed E-state index contributed by atoms with van der Waals surface area (Å²) in [6.07, 6.45) is 0. The van der Waals surface area contributed by atoms with Crippen molar-refractivity contribution < 1.29 is 0 Å². The van der Waals surface area contributed by atoms with Gasteiger partial charge in [-0.05, 0) is 11.5 Å². The molecule has 0 saturated carbocycles. The first-order valence-electron chi connectivity index (χ1n) is 2.45. The Morgan fingerprint density at radius 2 is 0.917 bits per heavy atom. The number of rotatable bonds is 5. The van der Waals surface area contributed by atoms with Crippen LogP contribution < -0.4 is 0 Å². The molecule has 12 heavy (non-hydrogen) atoms. The molecule has 58 valence electrons. The summed E-state index contributed by atoms with van der Waals surface area (Å²) in [7, 11) is 3.37. The molecule has 0 aliphatic heterocycles. The molecule has 0 aliphatic rings. The third kappa shape index (κ3) is 79.7. The first-order valence-corrected chi connectivity index (χ1v) is 4.94. The Morgan fingerprint density at radius 3 is 1.08 bits per heavy atom. The molecule has 0 bridgehead atoms. The average Bonchev–Trinajstić information content (AvgIpc) is 1.81. The molecule has 0 aromatic heterocycles. The Bertz CT molecular complexity index is 48.0. The fourth-order valence-corrected chi connectivity index (χ4v) is 1.81. The summed E-state index contributed by atoms with van der Waals surface area (Å²) in [5, 5.41) is 0. The molecule has 0 aromatic rings. The first-order chi connectivity index (χ1) is 3.91. The maximum Gasteiger partial charge on any atom is 0 e. The van der Waals surface area contributed by atoms with Crippen molar-refractivity contribution in [3.8, 4) is 0 Å². The predicted molar refractivity (Wildman–Crippen MR) is 43.3 cm³/mol. The maximum atomic E-state index is 6.76. The van der Waals surface area contributed by atoms with Crippen molar-refractivity contribution >= 4 is 21.6 Å². The molecule has 0 aromatic carbocycles. The zero-order chi connectivity index (χ0) is 6.24. The SMILES string of the molecule is [NH-]CCSSCC[NH-].[Rf].[Rf].[Rf].[Rf]. The fraction of sp³-hybridized carbons (Fsp3) is 1.00. The van der Waals surface area contributed by atoms with Crippen LogP contribution in [0, 0.1) is 0 Å². The molecular weight excluding hydrogens is 1210 g/mol. The minimum atomic E-state index is 0. The topological polar surface area (TPSA) is 47.6 Å². The second kappa shape index (κ2) is 48.6. The predicted octanol–water partition coefficient (Wildman–Crippen LogP) is 2.47. The Kier molecular flexibility index (Phi) is 155. The van der Waals surface area contributed by atoms with Crippen LogP contribution in [0.4, 0.5) is 0 Å². The van der Waals surface area contributed by atoms with Crippen molar-refractivity contribution in [3.05, 3.63) is 11.5 Å². The molecule has 0 unspecified atom stereocenters. The van der Waals surface area contributed by atoms with Crippen LogP contribution in [0.15, 0.2) is 0 Å². The summed E-state index contributed by atoms with van der Waals surface area (Å²) in [5.74, 6) is 1.79. The van der Waals surface area contributed by atoms with E-state index < -0.39 is 0 Å². The molecule has 0 radical (unpaired) electrons. The molecule has 0 atom stereocenters. The van der Waals surface area contributed by atoms with Crippen LogP contribution in [0.1, 0.15) is 0 Å². The fourth-order valence-electron chi connectivity index (χ4n) is 0.201. The Morgan fingerprint density at radius 1 is 0.667 bits per heavy atom. The zero-order valence-corrected chi connectivity index (χ0v) is 34.7. The Balaban J connectivity index is -0.0000000408. The molecule has 2 nitrogen and oxygen atoms in total. The molecule has 0 rings (SSSR count). The summed E-state index contributed by atoms with van der Waals surface area (Å²) >= 11 is 0. The smallest absolute Gasteiger partial charge is 0 e. The molecule has 0 spiro atoms. The van der Waals surface area contributed by atoms with Crippen molar-refractivity contribution in [2.75, 3.05) is 24.6 Å². The summed E-state index contributed by atoms with van der Waals surface area (Å²) in [5.41, 5.74) is 13.5. The Hall–Kier alpha value is -3.38. The minimum absolute atomic E-state index is 0. The van der Waals surface area contributed by atoms with Crippen LogP contribution in [0.5, 0.6) is 0 Å². The molecule has 2 N–H and O–H groups in total. The van der Waals surface area contributed by atoms with Gasteiger partial charge in [0, 0.05) is 0 Å². The molecule has 0 heterocycles. The van der Waals surface area contributed by atoms with Gasteiger partial charge < -0.3 is 11.5 Å². The number of hydrogen-bond donors (Lipinski definition) is 0. The van der Waals surface area contributed by atoms with Gasteiger partial charge in [0.1, 0.15) is 0 Å². The molecular formula is C4H10N2Rf4S2-2. The van der Waals surface area contributed by atoms with E-state index in [-0.39, 0.29) is 0 Å². The van der Waals surface area contributed by atoms with Crippen LogP contribution in [-0.4, -0.2) is 24.6 Å². The number of hydrogen-bond acceptors (Lipinski definition) is 2. The normalized spacial score (nSPS) is 6.50. The quantitative estimate of drug-likeness (QED) is 0.315. The summed E-state index contributed by atoms with van der Waals surface area (Å²) in [6, 6.07) is 0. The monoisotopic (exact) mass is 1220 g/mol. The second-order valence-electron chi connectivity index (χ2n) is 1.14. The zero-order valence-electron chi connectivity index (χ0n) is 7.47. The average molecular weight is 1220 g/mol. The van der Waals surface area contributed by atoms with Gasteiger partial charge in [-0.3, -0.25) is 0 Å².